The number of nitrogens with one attached hydrogen (secondary N) is 1. The van der Waals surface area contributed by atoms with E-state index in [0.29, 0.717) is 40.6 Å². The molecule has 0 unspecified atom stereocenters. The molecule has 8 heteroatoms. The monoisotopic (exact) mass is 454 g/mol. The Balaban J connectivity index is 1.92. The molecule has 3 rings (SSSR count). The number of hydrogen-bond acceptors (Lipinski definition) is 5. The summed E-state index contributed by atoms with van der Waals surface area (Å²) in [5, 5.41) is 2.77. The molecule has 0 fully saturated rings. The van der Waals surface area contributed by atoms with Gasteiger partial charge in [-0.05, 0) is 54.9 Å². The van der Waals surface area contributed by atoms with Crippen LogP contribution < -0.4 is 14.8 Å². The number of thioether (sulfide) groups is 1. The number of benzene rings is 2. The quantitative estimate of drug-likeness (QED) is 0.465. The third-order valence-electron chi connectivity index (χ3n) is 4.35. The fourth-order valence-electron chi connectivity index (χ4n) is 3.03. The summed E-state index contributed by atoms with van der Waals surface area (Å²) in [5.74, 6) is -0.0922. The maximum Gasteiger partial charge on any atom is 0.286 e. The molecule has 6 nitrogen and oxygen atoms in total. The summed E-state index contributed by atoms with van der Waals surface area (Å²) in [6, 6.07) is 10.0. The summed E-state index contributed by atoms with van der Waals surface area (Å²) in [4.78, 5) is 27.7. The van der Waals surface area contributed by atoms with Crippen LogP contribution in [0.25, 0.3) is 6.08 Å². The van der Waals surface area contributed by atoms with Gasteiger partial charge in [0.2, 0.25) is 5.91 Å². The minimum atomic E-state index is -0.429. The van der Waals surface area contributed by atoms with E-state index in [1.54, 1.807) is 36.4 Å². The zero-order valence-corrected chi connectivity index (χ0v) is 18.6. The van der Waals surface area contributed by atoms with Crippen LogP contribution in [0.4, 0.5) is 4.39 Å². The van der Waals surface area contributed by atoms with Gasteiger partial charge >= 0.3 is 0 Å². The molecule has 1 aliphatic heterocycles. The van der Waals surface area contributed by atoms with Crippen molar-refractivity contribution in [3.8, 4) is 11.5 Å². The van der Waals surface area contributed by atoms with E-state index in [9.17, 15) is 14.0 Å². The van der Waals surface area contributed by atoms with Crippen molar-refractivity contribution in [1.29, 1.82) is 0 Å². The van der Waals surface area contributed by atoms with Gasteiger partial charge in [0.05, 0.1) is 11.5 Å². The van der Waals surface area contributed by atoms with Crippen LogP contribution in [0.15, 0.2) is 59.0 Å². The number of aliphatic imine (C=N–C) groups is 1. The van der Waals surface area contributed by atoms with Crippen molar-refractivity contribution >= 4 is 34.8 Å². The first-order valence-corrected chi connectivity index (χ1v) is 10.8. The summed E-state index contributed by atoms with van der Waals surface area (Å²) in [7, 11) is 0. The topological polar surface area (TPSA) is 77.0 Å². The normalized spacial score (nSPS) is 14.3. The van der Waals surface area contributed by atoms with Crippen LogP contribution >= 0.6 is 11.8 Å². The predicted molar refractivity (Wildman–Crippen MR) is 124 cm³/mol. The number of rotatable bonds is 8. The highest BCUT2D eigenvalue weighted by Gasteiger charge is 2.23. The summed E-state index contributed by atoms with van der Waals surface area (Å²) < 4.78 is 25.8. The lowest BCUT2D eigenvalue weighted by atomic mass is 10.0. The fraction of sp³-hybridized carbons (Fsp3) is 0.208. The first-order chi connectivity index (χ1) is 15.4. The highest BCUT2D eigenvalue weighted by Crippen LogP contribution is 2.37. The highest BCUT2D eigenvalue weighted by atomic mass is 32.2. The first-order valence-electron chi connectivity index (χ1n) is 9.98. The zero-order chi connectivity index (χ0) is 23.1. The molecule has 0 aromatic heterocycles. The molecular formula is C24H23FN2O4S. The SMILES string of the molecule is C=CCc1cc(/C=C2/SC(NC(C)=O)=NC2=O)cc(OCC)c1OCc1ccccc1F. The number of allylic oxidation sites excluding steroid dienone is 1. The van der Waals surface area contributed by atoms with Crippen LogP contribution in [0.3, 0.4) is 0 Å². The number of ether oxygens (including phenoxy) is 2. The van der Waals surface area contributed by atoms with Gasteiger partial charge in [0.1, 0.15) is 12.4 Å². The molecular weight excluding hydrogens is 431 g/mol. The molecule has 0 atom stereocenters. The Labute approximate surface area is 190 Å². The molecule has 1 aliphatic rings. The second-order valence-corrected chi connectivity index (χ2v) is 7.86. The van der Waals surface area contributed by atoms with Crippen molar-refractivity contribution < 1.29 is 23.5 Å². The third-order valence-corrected chi connectivity index (χ3v) is 5.25. The van der Waals surface area contributed by atoms with Gasteiger partial charge in [0, 0.05) is 18.1 Å². The summed E-state index contributed by atoms with van der Waals surface area (Å²) in [6.07, 6.45) is 3.89. The van der Waals surface area contributed by atoms with Gasteiger partial charge in [-0.3, -0.25) is 9.59 Å². The Kier molecular flexibility index (Phi) is 7.83. The first kappa shape index (κ1) is 23.3. The van der Waals surface area contributed by atoms with Crippen LogP contribution in [0.1, 0.15) is 30.5 Å². The van der Waals surface area contributed by atoms with Gasteiger partial charge in [0.15, 0.2) is 16.7 Å². The molecule has 1 N–H and O–H groups in total. The van der Waals surface area contributed by atoms with Crippen LogP contribution in [-0.2, 0) is 22.6 Å². The summed E-state index contributed by atoms with van der Waals surface area (Å²) >= 11 is 1.09. The van der Waals surface area contributed by atoms with Gasteiger partial charge < -0.3 is 14.8 Å². The Morgan fingerprint density at radius 3 is 2.72 bits per heavy atom. The third kappa shape index (κ3) is 5.85. The molecule has 1 heterocycles. The number of halogens is 1. The smallest absolute Gasteiger partial charge is 0.286 e. The average molecular weight is 455 g/mol. The van der Waals surface area contributed by atoms with Crippen LogP contribution in [0.5, 0.6) is 11.5 Å². The molecule has 0 saturated carbocycles. The molecule has 0 saturated heterocycles. The van der Waals surface area contributed by atoms with Crippen LogP contribution in [0, 0.1) is 5.82 Å². The van der Waals surface area contributed by atoms with Gasteiger partial charge in [-0.15, -0.1) is 6.58 Å². The Morgan fingerprint density at radius 2 is 2.03 bits per heavy atom. The maximum atomic E-state index is 14.0. The van der Waals surface area contributed by atoms with E-state index in [0.717, 1.165) is 17.3 Å². The lowest BCUT2D eigenvalue weighted by Crippen LogP contribution is -2.23. The van der Waals surface area contributed by atoms with E-state index in [4.69, 9.17) is 9.47 Å². The van der Waals surface area contributed by atoms with Gasteiger partial charge in [-0.2, -0.15) is 4.99 Å². The van der Waals surface area contributed by atoms with Crippen molar-refractivity contribution in [1.82, 2.24) is 5.32 Å². The summed E-state index contributed by atoms with van der Waals surface area (Å²) in [5.41, 5.74) is 1.92. The minimum absolute atomic E-state index is 0.0412. The standard InChI is InChI=1S/C24H23FN2O4S/c1-4-8-17-11-16(13-21-23(29)27-24(32-21)26-15(3)28)12-20(30-5-2)22(17)31-14-18-9-6-7-10-19(18)25/h4,6-7,9-13H,1,5,8,14H2,2-3H3,(H,26,27,28,29)/b21-13+. The number of hydrogen-bond donors (Lipinski definition) is 1. The Bertz CT molecular complexity index is 1110. The van der Waals surface area contributed by atoms with E-state index in [1.807, 2.05) is 13.0 Å². The lowest BCUT2D eigenvalue weighted by molar-refractivity contribution is -0.117. The molecule has 2 aromatic carbocycles. The number of carbonyl (C=O) groups is 2. The Morgan fingerprint density at radius 1 is 1.25 bits per heavy atom. The van der Waals surface area contributed by atoms with Crippen molar-refractivity contribution in [2.24, 2.45) is 4.99 Å². The van der Waals surface area contributed by atoms with Gasteiger partial charge in [0.25, 0.3) is 5.91 Å². The second-order valence-electron chi connectivity index (χ2n) is 6.83. The van der Waals surface area contributed by atoms with Crippen LogP contribution in [-0.4, -0.2) is 23.6 Å². The second kappa shape index (κ2) is 10.8. The van der Waals surface area contributed by atoms with E-state index >= 15 is 0 Å². The average Bonchev–Trinajstić information content (AvgIpc) is 3.07. The molecule has 2 aromatic rings. The number of amidine groups is 1. The van der Waals surface area contributed by atoms with Gasteiger partial charge in [-0.1, -0.05) is 24.3 Å². The molecule has 0 spiro atoms. The molecule has 32 heavy (non-hydrogen) atoms. The summed E-state index contributed by atoms with van der Waals surface area (Å²) in [6.45, 7) is 7.44. The van der Waals surface area contributed by atoms with Crippen LogP contribution in [0.2, 0.25) is 0 Å². The fourth-order valence-corrected chi connectivity index (χ4v) is 3.89. The van der Waals surface area contributed by atoms with Crippen molar-refractivity contribution in [3.05, 3.63) is 76.5 Å². The van der Waals surface area contributed by atoms with Crippen molar-refractivity contribution in [3.63, 3.8) is 0 Å². The van der Waals surface area contributed by atoms with E-state index in [-0.39, 0.29) is 23.5 Å². The van der Waals surface area contributed by atoms with Crippen molar-refractivity contribution in [2.45, 2.75) is 26.9 Å². The molecule has 166 valence electrons. The zero-order valence-electron chi connectivity index (χ0n) is 17.8. The van der Waals surface area contributed by atoms with E-state index < -0.39 is 5.91 Å². The van der Waals surface area contributed by atoms with E-state index in [2.05, 4.69) is 16.9 Å². The number of nitrogens with zero attached hydrogens (tertiary/aromatic N) is 1. The maximum absolute atomic E-state index is 14.0. The number of amides is 2. The molecule has 0 bridgehead atoms. The minimum Gasteiger partial charge on any atom is -0.490 e. The van der Waals surface area contributed by atoms with Gasteiger partial charge in [-0.25, -0.2) is 4.39 Å². The van der Waals surface area contributed by atoms with E-state index in [1.165, 1.54) is 13.0 Å². The van der Waals surface area contributed by atoms with Crippen molar-refractivity contribution in [2.75, 3.05) is 6.61 Å². The lowest BCUT2D eigenvalue weighted by Gasteiger charge is -2.17. The highest BCUT2D eigenvalue weighted by molar-refractivity contribution is 8.18. The predicted octanol–water partition coefficient (Wildman–Crippen LogP) is 4.64. The Hall–Kier alpha value is -3.39. The molecule has 2 amide bonds. The number of carbonyl (C=O) groups excluding carboxylic acids is 2. The largest absolute Gasteiger partial charge is 0.490 e. The molecule has 0 aliphatic carbocycles. The molecule has 0 radical (unpaired) electrons.